The molecule has 1 aromatic heterocycles. The number of benzene rings is 1. The summed E-state index contributed by atoms with van der Waals surface area (Å²) in [4.78, 5) is 42.2. The fourth-order valence-electron chi connectivity index (χ4n) is 3.48. The number of nitrogens with one attached hydrogen (secondary N) is 2. The maximum absolute atomic E-state index is 13.0. The molecule has 0 saturated carbocycles. The molecule has 29 heavy (non-hydrogen) atoms. The zero-order valence-electron chi connectivity index (χ0n) is 17.9. The molecule has 0 spiro atoms. The van der Waals surface area contributed by atoms with Crippen LogP contribution < -0.4 is 10.1 Å². The molecule has 0 aliphatic heterocycles. The second-order valence-corrected chi connectivity index (χ2v) is 7.06. The van der Waals surface area contributed by atoms with Crippen molar-refractivity contribution in [2.45, 2.75) is 40.7 Å². The van der Waals surface area contributed by atoms with Crippen molar-refractivity contribution in [3.8, 4) is 5.75 Å². The topological polar surface area (TPSA) is 91.5 Å². The summed E-state index contributed by atoms with van der Waals surface area (Å²) in [6.07, 6.45) is 0. The highest BCUT2D eigenvalue weighted by atomic mass is 16.5. The van der Waals surface area contributed by atoms with E-state index in [1.807, 2.05) is 6.92 Å². The molecule has 1 atom stereocenters. The lowest BCUT2D eigenvalue weighted by molar-refractivity contribution is -0.117. The number of likely N-dealkylation sites (N-methyl/N-ethyl adjacent to an activating group) is 1. The molecule has 0 bridgehead atoms. The zero-order valence-corrected chi connectivity index (χ0v) is 17.9. The molecule has 0 unspecified atom stereocenters. The number of anilines is 1. The average molecular weight is 399 g/mol. The lowest BCUT2D eigenvalue weighted by atomic mass is 10.0. The summed E-state index contributed by atoms with van der Waals surface area (Å²) in [5.74, 6) is 0.283. The van der Waals surface area contributed by atoms with Gasteiger partial charge in [-0.1, -0.05) is 6.92 Å². The Kier molecular flexibility index (Phi) is 7.34. The number of ketones is 2. The Hall–Kier alpha value is -2.93. The second kappa shape index (κ2) is 9.52. The molecule has 7 heteroatoms. The Bertz CT molecular complexity index is 900. The monoisotopic (exact) mass is 399 g/mol. The van der Waals surface area contributed by atoms with Gasteiger partial charge < -0.3 is 15.0 Å². The third-order valence-corrected chi connectivity index (χ3v) is 5.09. The normalized spacial score (nSPS) is 12.0. The smallest absolute Gasteiger partial charge is 0.238 e. The number of methoxy groups -OCH3 is 1. The number of aromatic nitrogens is 1. The van der Waals surface area contributed by atoms with Crippen LogP contribution in [-0.2, 0) is 4.79 Å². The fraction of sp³-hybridized carbons (Fsp3) is 0.409. The highest BCUT2D eigenvalue weighted by molar-refractivity contribution is 6.05. The van der Waals surface area contributed by atoms with Crippen LogP contribution in [0.4, 0.5) is 5.69 Å². The van der Waals surface area contributed by atoms with Crippen molar-refractivity contribution in [1.82, 2.24) is 9.88 Å². The van der Waals surface area contributed by atoms with Gasteiger partial charge in [0, 0.05) is 16.9 Å². The van der Waals surface area contributed by atoms with Crippen LogP contribution >= 0.6 is 0 Å². The van der Waals surface area contributed by atoms with Gasteiger partial charge in [0.1, 0.15) is 5.75 Å². The predicted octanol–water partition coefficient (Wildman–Crippen LogP) is 3.37. The van der Waals surface area contributed by atoms with Gasteiger partial charge >= 0.3 is 0 Å². The number of ether oxygens (including phenoxy) is 1. The maximum atomic E-state index is 13.0. The van der Waals surface area contributed by atoms with E-state index in [9.17, 15) is 14.4 Å². The molecule has 2 N–H and O–H groups in total. The molecule has 7 nitrogen and oxygen atoms in total. The molecule has 0 saturated heterocycles. The van der Waals surface area contributed by atoms with Gasteiger partial charge in [-0.25, -0.2) is 0 Å². The summed E-state index contributed by atoms with van der Waals surface area (Å²) in [5, 5.41) is 2.83. The van der Waals surface area contributed by atoms with E-state index >= 15 is 0 Å². The summed E-state index contributed by atoms with van der Waals surface area (Å²) in [5.41, 5.74) is 2.99. The van der Waals surface area contributed by atoms with E-state index in [0.29, 0.717) is 40.5 Å². The van der Waals surface area contributed by atoms with Crippen molar-refractivity contribution >= 4 is 23.2 Å². The van der Waals surface area contributed by atoms with E-state index in [4.69, 9.17) is 4.74 Å². The minimum absolute atomic E-state index is 0.0748. The minimum Gasteiger partial charge on any atom is -0.497 e. The Labute approximate surface area is 171 Å². The van der Waals surface area contributed by atoms with Crippen LogP contribution in [0.5, 0.6) is 5.75 Å². The molecule has 1 aromatic carbocycles. The van der Waals surface area contributed by atoms with Crippen LogP contribution in [0.2, 0.25) is 0 Å². The first kappa shape index (κ1) is 22.4. The van der Waals surface area contributed by atoms with Crippen LogP contribution in [0.25, 0.3) is 0 Å². The third-order valence-electron chi connectivity index (χ3n) is 5.09. The van der Waals surface area contributed by atoms with Crippen molar-refractivity contribution in [2.24, 2.45) is 0 Å². The van der Waals surface area contributed by atoms with Crippen LogP contribution in [0.3, 0.4) is 0 Å². The number of hydrogen-bond donors (Lipinski definition) is 2. The van der Waals surface area contributed by atoms with E-state index in [0.717, 1.165) is 0 Å². The molecular weight excluding hydrogens is 370 g/mol. The molecular formula is C22H29N3O4. The Balaban J connectivity index is 2.10. The van der Waals surface area contributed by atoms with E-state index in [1.165, 1.54) is 6.92 Å². The van der Waals surface area contributed by atoms with Crippen molar-refractivity contribution in [3.05, 3.63) is 46.8 Å². The SMILES string of the molecule is CCN(CC(=O)Nc1ccc(OC)cc1)[C@@H](C)C(=O)c1[nH]c(C)c(C(C)=O)c1C. The predicted molar refractivity (Wildman–Crippen MR) is 113 cm³/mol. The second-order valence-electron chi connectivity index (χ2n) is 7.06. The van der Waals surface area contributed by atoms with Gasteiger partial charge in [0.15, 0.2) is 11.6 Å². The van der Waals surface area contributed by atoms with Crippen molar-refractivity contribution in [2.75, 3.05) is 25.5 Å². The quantitative estimate of drug-likeness (QED) is 0.631. The molecule has 2 rings (SSSR count). The van der Waals surface area contributed by atoms with Crippen LogP contribution in [-0.4, -0.2) is 53.6 Å². The van der Waals surface area contributed by atoms with Gasteiger partial charge in [-0.2, -0.15) is 0 Å². The molecule has 0 fully saturated rings. The first-order valence-electron chi connectivity index (χ1n) is 9.61. The molecule has 0 aliphatic rings. The number of aryl methyl sites for hydroxylation is 1. The van der Waals surface area contributed by atoms with Crippen molar-refractivity contribution in [3.63, 3.8) is 0 Å². The van der Waals surface area contributed by atoms with Crippen LogP contribution in [0, 0.1) is 13.8 Å². The van der Waals surface area contributed by atoms with E-state index in [-0.39, 0.29) is 24.0 Å². The number of H-pyrrole nitrogens is 1. The summed E-state index contributed by atoms with van der Waals surface area (Å²) in [6, 6.07) is 6.54. The largest absolute Gasteiger partial charge is 0.497 e. The number of carbonyl (C=O) groups is 3. The molecule has 0 aliphatic carbocycles. The first-order chi connectivity index (χ1) is 13.7. The fourth-order valence-corrected chi connectivity index (χ4v) is 3.48. The van der Waals surface area contributed by atoms with Crippen LogP contribution in [0.1, 0.15) is 52.9 Å². The number of nitrogens with zero attached hydrogens (tertiary/aromatic N) is 1. The first-order valence-corrected chi connectivity index (χ1v) is 9.61. The van der Waals surface area contributed by atoms with Crippen molar-refractivity contribution in [1.29, 1.82) is 0 Å². The number of carbonyl (C=O) groups excluding carboxylic acids is 3. The average Bonchev–Trinajstić information content (AvgIpc) is 2.99. The number of amides is 1. The van der Waals surface area contributed by atoms with Crippen molar-refractivity contribution < 1.29 is 19.1 Å². The maximum Gasteiger partial charge on any atom is 0.238 e. The van der Waals surface area contributed by atoms with Crippen LogP contribution in [0.15, 0.2) is 24.3 Å². The Morgan fingerprint density at radius 1 is 1.17 bits per heavy atom. The Morgan fingerprint density at radius 3 is 2.28 bits per heavy atom. The number of rotatable bonds is 9. The number of Topliss-reactive ketones (excluding diaryl/α,β-unsaturated/α-hetero) is 2. The third kappa shape index (κ3) is 5.12. The van der Waals surface area contributed by atoms with E-state index in [1.54, 1.807) is 57.0 Å². The van der Waals surface area contributed by atoms with Gasteiger partial charge in [-0.05, 0) is 64.1 Å². The standard InChI is InChI=1S/C22H29N3O4/c1-7-25(12-19(27)24-17-8-10-18(29-6)11-9-17)15(4)22(28)21-13(2)20(16(5)26)14(3)23-21/h8-11,15,23H,7,12H2,1-6H3,(H,24,27)/t15-/m0/s1. The van der Waals surface area contributed by atoms with E-state index in [2.05, 4.69) is 10.3 Å². The molecule has 156 valence electrons. The number of aromatic amines is 1. The lowest BCUT2D eigenvalue weighted by Crippen LogP contribution is -2.43. The highest BCUT2D eigenvalue weighted by Gasteiger charge is 2.27. The highest BCUT2D eigenvalue weighted by Crippen LogP contribution is 2.21. The summed E-state index contributed by atoms with van der Waals surface area (Å²) < 4.78 is 5.11. The van der Waals surface area contributed by atoms with Gasteiger partial charge in [-0.3, -0.25) is 19.3 Å². The van der Waals surface area contributed by atoms with Gasteiger partial charge in [0.05, 0.1) is 25.4 Å². The summed E-state index contributed by atoms with van der Waals surface area (Å²) in [6.45, 7) is 9.32. The molecule has 1 heterocycles. The minimum atomic E-state index is -0.516. The molecule has 0 radical (unpaired) electrons. The molecule has 2 aromatic rings. The van der Waals surface area contributed by atoms with E-state index < -0.39 is 6.04 Å². The van der Waals surface area contributed by atoms with Gasteiger partial charge in [0.2, 0.25) is 5.91 Å². The summed E-state index contributed by atoms with van der Waals surface area (Å²) >= 11 is 0. The van der Waals surface area contributed by atoms with Gasteiger partial charge in [0.25, 0.3) is 0 Å². The Morgan fingerprint density at radius 2 is 1.79 bits per heavy atom. The van der Waals surface area contributed by atoms with Gasteiger partial charge in [-0.15, -0.1) is 0 Å². The summed E-state index contributed by atoms with van der Waals surface area (Å²) in [7, 11) is 1.58. The number of hydrogen-bond acceptors (Lipinski definition) is 5. The lowest BCUT2D eigenvalue weighted by Gasteiger charge is -2.26. The zero-order chi connectivity index (χ0) is 21.7. The molecule has 1 amide bonds.